The number of piperidine rings is 2. The van der Waals surface area contributed by atoms with Crippen molar-refractivity contribution in [2.45, 2.75) is 44.2 Å². The third-order valence-corrected chi connectivity index (χ3v) is 5.71. The smallest absolute Gasteiger partial charge is 0.361 e. The van der Waals surface area contributed by atoms with Crippen molar-refractivity contribution >= 4 is 16.4 Å². The fraction of sp³-hybridized carbons (Fsp3) is 0.733. The summed E-state index contributed by atoms with van der Waals surface area (Å²) in [5, 5.41) is 8.22. The van der Waals surface area contributed by atoms with Gasteiger partial charge in [-0.15, -0.1) is 4.28 Å². The number of hydrogen-bond donors (Lipinski definition) is 2. The van der Waals surface area contributed by atoms with Gasteiger partial charge in [-0.1, -0.05) is 5.16 Å². The molecule has 3 aliphatic heterocycles. The lowest BCUT2D eigenvalue weighted by molar-refractivity contribution is -0.0317. The minimum atomic E-state index is -4.73. The Balaban J connectivity index is 1.45. The molecular weight excluding hydrogens is 364 g/mol. The van der Waals surface area contributed by atoms with E-state index in [0.717, 1.165) is 43.2 Å². The lowest BCUT2D eigenvalue weighted by Gasteiger charge is -2.28. The molecule has 0 aliphatic carbocycles. The van der Waals surface area contributed by atoms with E-state index in [-0.39, 0.29) is 6.04 Å². The van der Waals surface area contributed by atoms with Crippen molar-refractivity contribution in [1.29, 1.82) is 0 Å². The molecule has 10 nitrogen and oxygen atoms in total. The predicted molar refractivity (Wildman–Crippen MR) is 88.1 cm³/mol. The first kappa shape index (κ1) is 17.7. The van der Waals surface area contributed by atoms with Crippen LogP contribution in [-0.2, 0) is 21.1 Å². The summed E-state index contributed by atoms with van der Waals surface area (Å²) in [6.45, 7) is 2.36. The van der Waals surface area contributed by atoms with Crippen molar-refractivity contribution in [2.24, 2.45) is 5.92 Å². The molecular formula is C15H22N4O6S. The highest BCUT2D eigenvalue weighted by Crippen LogP contribution is 2.38. The Morgan fingerprint density at radius 1 is 1.31 bits per heavy atom. The molecule has 1 aromatic heterocycles. The second-order valence-corrected chi connectivity index (χ2v) is 8.13. The molecule has 3 aliphatic rings. The van der Waals surface area contributed by atoms with Crippen molar-refractivity contribution in [2.75, 3.05) is 19.6 Å². The summed E-state index contributed by atoms with van der Waals surface area (Å²) in [4.78, 5) is 14.0. The molecule has 0 saturated carbocycles. The number of rotatable bonds is 5. The highest BCUT2D eigenvalue weighted by molar-refractivity contribution is 7.80. The molecule has 2 atom stereocenters. The Morgan fingerprint density at radius 3 is 2.81 bits per heavy atom. The molecule has 1 aromatic rings. The number of urea groups is 1. The first-order valence-electron chi connectivity index (χ1n) is 8.84. The van der Waals surface area contributed by atoms with Crippen LogP contribution in [0.4, 0.5) is 4.79 Å². The van der Waals surface area contributed by atoms with Gasteiger partial charge < -0.3 is 14.7 Å². The largest absolute Gasteiger partial charge is 0.418 e. The fourth-order valence-corrected chi connectivity index (χ4v) is 4.48. The van der Waals surface area contributed by atoms with Crippen LogP contribution in [0.5, 0.6) is 0 Å². The lowest BCUT2D eigenvalue weighted by atomic mass is 9.93. The van der Waals surface area contributed by atoms with Gasteiger partial charge in [0.25, 0.3) is 0 Å². The zero-order chi connectivity index (χ0) is 18.3. The number of hydroxylamine groups is 2. The van der Waals surface area contributed by atoms with Crippen LogP contribution in [0.3, 0.4) is 0 Å². The Labute approximate surface area is 151 Å². The Morgan fingerprint density at radius 2 is 2.08 bits per heavy atom. The van der Waals surface area contributed by atoms with Crippen molar-refractivity contribution in [3.8, 4) is 0 Å². The topological polar surface area (TPSA) is 125 Å². The van der Waals surface area contributed by atoms with E-state index in [0.29, 0.717) is 31.0 Å². The number of hydrogen-bond acceptors (Lipinski definition) is 7. The van der Waals surface area contributed by atoms with Crippen molar-refractivity contribution in [3.63, 3.8) is 0 Å². The second kappa shape index (κ2) is 6.80. The van der Waals surface area contributed by atoms with Crippen LogP contribution < -0.4 is 5.32 Å². The third kappa shape index (κ3) is 3.56. The average Bonchev–Trinajstić information content (AvgIpc) is 3.15. The van der Waals surface area contributed by atoms with Gasteiger partial charge in [0.2, 0.25) is 0 Å². The second-order valence-electron chi connectivity index (χ2n) is 7.13. The summed E-state index contributed by atoms with van der Waals surface area (Å²) in [6.07, 6.45) is 4.22. The minimum Gasteiger partial charge on any atom is -0.361 e. The van der Waals surface area contributed by atoms with E-state index in [4.69, 9.17) is 9.08 Å². The van der Waals surface area contributed by atoms with Crippen molar-refractivity contribution in [1.82, 2.24) is 20.4 Å². The summed E-state index contributed by atoms with van der Waals surface area (Å²) < 4.78 is 40.7. The van der Waals surface area contributed by atoms with E-state index in [9.17, 15) is 13.2 Å². The molecule has 4 rings (SSSR count). The summed E-state index contributed by atoms with van der Waals surface area (Å²) in [5.41, 5.74) is 0.675. The Hall–Kier alpha value is -1.69. The molecule has 4 heterocycles. The van der Waals surface area contributed by atoms with Crippen LogP contribution in [0.25, 0.3) is 0 Å². The van der Waals surface area contributed by atoms with Crippen molar-refractivity contribution in [3.05, 3.63) is 17.5 Å². The Bertz CT molecular complexity index is 775. The third-order valence-electron chi connectivity index (χ3n) is 5.36. The first-order chi connectivity index (χ1) is 12.4. The maximum atomic E-state index is 12.5. The van der Waals surface area contributed by atoms with Gasteiger partial charge >= 0.3 is 16.4 Å². The Kier molecular flexibility index (Phi) is 4.63. The van der Waals surface area contributed by atoms with Crippen LogP contribution in [-0.4, -0.2) is 59.8 Å². The van der Waals surface area contributed by atoms with Gasteiger partial charge in [-0.3, -0.25) is 4.55 Å². The molecule has 144 valence electrons. The number of nitrogens with zero attached hydrogens (tertiary/aromatic N) is 3. The van der Waals surface area contributed by atoms with E-state index >= 15 is 0 Å². The molecule has 0 spiro atoms. The summed E-state index contributed by atoms with van der Waals surface area (Å²) in [6, 6.07) is 0.631. The van der Waals surface area contributed by atoms with Gasteiger partial charge in [-0.2, -0.15) is 13.5 Å². The SMILES string of the molecule is O=C1N2CC(CCC2c2cc(CC3CCNCC3)on2)N1OS(=O)(=O)O. The van der Waals surface area contributed by atoms with Crippen LogP contribution >= 0.6 is 0 Å². The molecule has 11 heteroatoms. The van der Waals surface area contributed by atoms with E-state index in [1.54, 1.807) is 0 Å². The number of carbonyl (C=O) groups is 1. The summed E-state index contributed by atoms with van der Waals surface area (Å²) >= 11 is 0. The molecule has 0 aromatic carbocycles. The fourth-order valence-electron chi connectivity index (χ4n) is 4.09. The average molecular weight is 386 g/mol. The number of fused-ring (bicyclic) bond motifs is 2. The standard InChI is InChI=1S/C15H22N4O6S/c20-15-18-9-11(19(15)25-26(21,22)23)1-2-14(18)13-8-12(24-17-13)7-10-3-5-16-6-4-10/h8,10-11,14,16H,1-7,9H2,(H,21,22,23). The summed E-state index contributed by atoms with van der Waals surface area (Å²) in [5.74, 6) is 1.38. The van der Waals surface area contributed by atoms with Gasteiger partial charge in [-0.25, -0.2) is 4.79 Å². The summed E-state index contributed by atoms with van der Waals surface area (Å²) in [7, 11) is -4.73. The van der Waals surface area contributed by atoms with Crippen LogP contribution in [0.15, 0.2) is 10.6 Å². The molecule has 2 unspecified atom stereocenters. The molecule has 2 N–H and O–H groups in total. The maximum Gasteiger partial charge on any atom is 0.418 e. The van der Waals surface area contributed by atoms with E-state index < -0.39 is 22.5 Å². The molecule has 3 fully saturated rings. The molecule has 2 bridgehead atoms. The molecule has 26 heavy (non-hydrogen) atoms. The number of amides is 2. The van der Waals surface area contributed by atoms with E-state index in [2.05, 4.69) is 14.8 Å². The van der Waals surface area contributed by atoms with Gasteiger partial charge in [0, 0.05) is 19.0 Å². The highest BCUT2D eigenvalue weighted by atomic mass is 32.3. The van der Waals surface area contributed by atoms with E-state index in [1.807, 2.05) is 6.07 Å². The molecule has 0 radical (unpaired) electrons. The quantitative estimate of drug-likeness (QED) is 0.715. The maximum absolute atomic E-state index is 12.5. The highest BCUT2D eigenvalue weighted by Gasteiger charge is 2.48. The van der Waals surface area contributed by atoms with Gasteiger partial charge in [0.15, 0.2) is 0 Å². The first-order valence-corrected chi connectivity index (χ1v) is 10.2. The molecule has 3 saturated heterocycles. The van der Waals surface area contributed by atoms with Crippen molar-refractivity contribution < 1.29 is 26.6 Å². The number of nitrogens with one attached hydrogen (secondary N) is 1. The van der Waals surface area contributed by atoms with E-state index in [1.165, 1.54) is 4.90 Å². The molecule has 2 amide bonds. The zero-order valence-electron chi connectivity index (χ0n) is 14.2. The van der Waals surface area contributed by atoms with Crippen LogP contribution in [0.2, 0.25) is 0 Å². The van der Waals surface area contributed by atoms with Gasteiger partial charge in [0.05, 0.1) is 12.1 Å². The predicted octanol–water partition coefficient (Wildman–Crippen LogP) is 0.892. The van der Waals surface area contributed by atoms with Crippen LogP contribution in [0.1, 0.15) is 43.2 Å². The lowest BCUT2D eigenvalue weighted by Crippen LogP contribution is -2.35. The zero-order valence-corrected chi connectivity index (χ0v) is 15.0. The normalized spacial score (nSPS) is 27.3. The van der Waals surface area contributed by atoms with Crippen LogP contribution in [0, 0.1) is 5.92 Å². The van der Waals surface area contributed by atoms with Gasteiger partial charge in [-0.05, 0) is 44.7 Å². The minimum absolute atomic E-state index is 0.278. The monoisotopic (exact) mass is 386 g/mol. The van der Waals surface area contributed by atoms with Gasteiger partial charge in [0.1, 0.15) is 11.5 Å². The number of carbonyl (C=O) groups excluding carboxylic acids is 1. The number of aromatic nitrogens is 1.